The Kier molecular flexibility index (Phi) is 2.67. The van der Waals surface area contributed by atoms with E-state index in [0.717, 1.165) is 22.8 Å². The molecule has 2 aromatic heterocycles. The van der Waals surface area contributed by atoms with Crippen molar-refractivity contribution in [2.45, 2.75) is 20.5 Å². The number of pyridine rings is 1. The van der Waals surface area contributed by atoms with Crippen LogP contribution in [-0.4, -0.2) is 10.1 Å². The molecule has 78 valence electrons. The predicted octanol–water partition coefficient (Wildman–Crippen LogP) is 2.27. The van der Waals surface area contributed by atoms with Crippen LogP contribution in [0.3, 0.4) is 0 Å². The Bertz CT molecular complexity index is 418. The zero-order valence-electron chi connectivity index (χ0n) is 8.73. The molecule has 0 spiro atoms. The highest BCUT2D eigenvalue weighted by molar-refractivity contribution is 5.22. The van der Waals surface area contributed by atoms with Crippen LogP contribution in [0.25, 0.3) is 0 Å². The number of hydrogen-bond donors (Lipinski definition) is 0. The van der Waals surface area contributed by atoms with E-state index in [1.54, 1.807) is 12.4 Å². The smallest absolute Gasteiger partial charge is 0.140 e. The molecule has 0 unspecified atom stereocenters. The maximum Gasteiger partial charge on any atom is 0.140 e. The molecule has 0 aliphatic rings. The van der Waals surface area contributed by atoms with Gasteiger partial charge in [-0.1, -0.05) is 5.16 Å². The van der Waals surface area contributed by atoms with Gasteiger partial charge < -0.3 is 9.26 Å². The van der Waals surface area contributed by atoms with Gasteiger partial charge >= 0.3 is 0 Å². The van der Waals surface area contributed by atoms with Gasteiger partial charge in [0, 0.05) is 6.20 Å². The number of nitrogens with zero attached hydrogens (tertiary/aromatic N) is 2. The Morgan fingerprint density at radius 1 is 1.40 bits per heavy atom. The Morgan fingerprint density at radius 2 is 2.27 bits per heavy atom. The number of ether oxygens (including phenoxy) is 1. The molecule has 2 rings (SSSR count). The summed E-state index contributed by atoms with van der Waals surface area (Å²) in [5, 5.41) is 3.86. The Balaban J connectivity index is 2.05. The van der Waals surface area contributed by atoms with Gasteiger partial charge in [-0.3, -0.25) is 4.98 Å². The monoisotopic (exact) mass is 204 g/mol. The second-order valence-corrected chi connectivity index (χ2v) is 3.28. The van der Waals surface area contributed by atoms with E-state index in [-0.39, 0.29) is 0 Å². The molecule has 2 aromatic rings. The van der Waals surface area contributed by atoms with Crippen molar-refractivity contribution in [2.75, 3.05) is 0 Å². The minimum atomic E-state index is 0.465. The van der Waals surface area contributed by atoms with Gasteiger partial charge in [0.05, 0.1) is 17.5 Å². The maximum absolute atomic E-state index is 5.55. The quantitative estimate of drug-likeness (QED) is 0.769. The summed E-state index contributed by atoms with van der Waals surface area (Å²) < 4.78 is 10.6. The predicted molar refractivity (Wildman–Crippen MR) is 54.5 cm³/mol. The van der Waals surface area contributed by atoms with Crippen LogP contribution in [0.15, 0.2) is 29.0 Å². The fourth-order valence-electron chi connectivity index (χ4n) is 1.30. The molecular formula is C11H12N2O2. The number of rotatable bonds is 3. The van der Waals surface area contributed by atoms with Crippen LogP contribution in [0.1, 0.15) is 17.0 Å². The maximum atomic E-state index is 5.55. The highest BCUT2D eigenvalue weighted by atomic mass is 16.5. The van der Waals surface area contributed by atoms with Crippen molar-refractivity contribution >= 4 is 0 Å². The summed E-state index contributed by atoms with van der Waals surface area (Å²) in [6, 6.07) is 3.70. The van der Waals surface area contributed by atoms with Gasteiger partial charge in [0.25, 0.3) is 0 Å². The Morgan fingerprint density at radius 3 is 2.87 bits per heavy atom. The number of aromatic nitrogens is 2. The van der Waals surface area contributed by atoms with Gasteiger partial charge in [-0.25, -0.2) is 0 Å². The highest BCUT2D eigenvalue weighted by Gasteiger charge is 2.09. The van der Waals surface area contributed by atoms with Crippen molar-refractivity contribution in [3.63, 3.8) is 0 Å². The molecule has 0 N–H and O–H groups in total. The van der Waals surface area contributed by atoms with Gasteiger partial charge in [0.15, 0.2) is 0 Å². The van der Waals surface area contributed by atoms with E-state index < -0.39 is 0 Å². The van der Waals surface area contributed by atoms with Crippen LogP contribution in [0.5, 0.6) is 5.75 Å². The summed E-state index contributed by atoms with van der Waals surface area (Å²) in [6.45, 7) is 4.24. The summed E-state index contributed by atoms with van der Waals surface area (Å²) in [5.74, 6) is 1.55. The van der Waals surface area contributed by atoms with Crippen LogP contribution >= 0.6 is 0 Å². The molecule has 0 aliphatic heterocycles. The van der Waals surface area contributed by atoms with E-state index in [0.29, 0.717) is 6.61 Å². The molecule has 0 amide bonds. The molecule has 0 atom stereocenters. The molecule has 0 bridgehead atoms. The fourth-order valence-corrected chi connectivity index (χ4v) is 1.30. The van der Waals surface area contributed by atoms with Crippen molar-refractivity contribution in [2.24, 2.45) is 0 Å². The van der Waals surface area contributed by atoms with Crippen molar-refractivity contribution < 1.29 is 9.26 Å². The van der Waals surface area contributed by atoms with Crippen molar-refractivity contribution in [3.05, 3.63) is 41.5 Å². The van der Waals surface area contributed by atoms with E-state index >= 15 is 0 Å². The van der Waals surface area contributed by atoms with E-state index in [1.165, 1.54) is 0 Å². The molecule has 0 aromatic carbocycles. The third kappa shape index (κ3) is 2.15. The summed E-state index contributed by atoms with van der Waals surface area (Å²) in [5.41, 5.74) is 1.87. The van der Waals surface area contributed by atoms with Crippen molar-refractivity contribution in [3.8, 4) is 5.75 Å². The van der Waals surface area contributed by atoms with E-state index in [1.807, 2.05) is 26.0 Å². The molecule has 2 heterocycles. The summed E-state index contributed by atoms with van der Waals surface area (Å²) in [4.78, 5) is 3.97. The largest absolute Gasteiger partial charge is 0.487 e. The zero-order valence-corrected chi connectivity index (χ0v) is 8.73. The Labute approximate surface area is 87.9 Å². The molecular weight excluding hydrogens is 192 g/mol. The first-order valence-electron chi connectivity index (χ1n) is 4.72. The standard InChI is InChI=1S/C11H12N2O2/c1-8-11(9(2)15-13-8)7-14-10-4-3-5-12-6-10/h3-6H,7H2,1-2H3. The lowest BCUT2D eigenvalue weighted by Crippen LogP contribution is -1.97. The van der Waals surface area contributed by atoms with Crippen LogP contribution in [-0.2, 0) is 6.61 Å². The van der Waals surface area contributed by atoms with E-state index in [9.17, 15) is 0 Å². The zero-order chi connectivity index (χ0) is 10.7. The number of hydrogen-bond acceptors (Lipinski definition) is 4. The topological polar surface area (TPSA) is 48.2 Å². The molecule has 0 saturated heterocycles. The van der Waals surface area contributed by atoms with Gasteiger partial charge in [-0.15, -0.1) is 0 Å². The van der Waals surface area contributed by atoms with Crippen LogP contribution in [0.4, 0.5) is 0 Å². The fraction of sp³-hybridized carbons (Fsp3) is 0.273. The lowest BCUT2D eigenvalue weighted by atomic mass is 10.2. The average molecular weight is 204 g/mol. The van der Waals surface area contributed by atoms with E-state index in [4.69, 9.17) is 9.26 Å². The summed E-state index contributed by atoms with van der Waals surface area (Å²) in [7, 11) is 0. The lowest BCUT2D eigenvalue weighted by molar-refractivity contribution is 0.300. The normalized spacial score (nSPS) is 10.3. The third-order valence-corrected chi connectivity index (χ3v) is 2.20. The van der Waals surface area contributed by atoms with E-state index in [2.05, 4.69) is 10.1 Å². The first-order chi connectivity index (χ1) is 7.27. The van der Waals surface area contributed by atoms with Gasteiger partial charge in [-0.2, -0.15) is 0 Å². The minimum Gasteiger partial charge on any atom is -0.487 e. The molecule has 0 fully saturated rings. The first-order valence-corrected chi connectivity index (χ1v) is 4.72. The molecule has 4 nitrogen and oxygen atoms in total. The van der Waals surface area contributed by atoms with Gasteiger partial charge in [0.2, 0.25) is 0 Å². The van der Waals surface area contributed by atoms with Crippen molar-refractivity contribution in [1.29, 1.82) is 0 Å². The molecule has 15 heavy (non-hydrogen) atoms. The minimum absolute atomic E-state index is 0.465. The molecule has 0 radical (unpaired) electrons. The first kappa shape index (κ1) is 9.71. The lowest BCUT2D eigenvalue weighted by Gasteiger charge is -2.04. The Hall–Kier alpha value is -1.84. The second kappa shape index (κ2) is 4.13. The summed E-state index contributed by atoms with van der Waals surface area (Å²) >= 11 is 0. The van der Waals surface area contributed by atoms with Gasteiger partial charge in [0.1, 0.15) is 18.1 Å². The third-order valence-electron chi connectivity index (χ3n) is 2.20. The highest BCUT2D eigenvalue weighted by Crippen LogP contribution is 2.15. The molecule has 4 heteroatoms. The number of aryl methyl sites for hydroxylation is 2. The average Bonchev–Trinajstić information content (AvgIpc) is 2.58. The SMILES string of the molecule is Cc1noc(C)c1COc1cccnc1. The van der Waals surface area contributed by atoms with Crippen LogP contribution < -0.4 is 4.74 Å². The van der Waals surface area contributed by atoms with Gasteiger partial charge in [-0.05, 0) is 26.0 Å². The van der Waals surface area contributed by atoms with Crippen molar-refractivity contribution in [1.82, 2.24) is 10.1 Å². The summed E-state index contributed by atoms with van der Waals surface area (Å²) in [6.07, 6.45) is 3.39. The van der Waals surface area contributed by atoms with Crippen LogP contribution in [0, 0.1) is 13.8 Å². The second-order valence-electron chi connectivity index (χ2n) is 3.28. The molecule has 0 saturated carbocycles. The molecule has 0 aliphatic carbocycles. The van der Waals surface area contributed by atoms with Crippen LogP contribution in [0.2, 0.25) is 0 Å².